The second-order valence-electron chi connectivity index (χ2n) is 3.44. The Bertz CT molecular complexity index is 164. The first-order valence-electron chi connectivity index (χ1n) is 4.55. The second-order valence-corrected chi connectivity index (χ2v) is 3.44. The maximum Gasteiger partial charge on any atom is 0.222 e. The van der Waals surface area contributed by atoms with E-state index >= 15 is 0 Å². The fourth-order valence-electron chi connectivity index (χ4n) is 1.48. The van der Waals surface area contributed by atoms with E-state index in [2.05, 4.69) is 0 Å². The lowest BCUT2D eigenvalue weighted by Crippen LogP contribution is -2.54. The highest BCUT2D eigenvalue weighted by molar-refractivity contribution is 5.76. The third-order valence-corrected chi connectivity index (χ3v) is 2.16. The van der Waals surface area contributed by atoms with Gasteiger partial charge >= 0.3 is 0 Å². The Balaban J connectivity index is 2.53. The molecule has 0 aliphatic carbocycles. The minimum atomic E-state index is 0.235. The molecule has 1 heterocycles. The highest BCUT2D eigenvalue weighted by Gasteiger charge is 2.30. The van der Waals surface area contributed by atoms with Gasteiger partial charge in [-0.25, -0.2) is 0 Å². The molecule has 1 saturated heterocycles. The van der Waals surface area contributed by atoms with Gasteiger partial charge in [-0.15, -0.1) is 0 Å². The minimum Gasteiger partial charge on any atom is -0.377 e. The van der Waals surface area contributed by atoms with Crippen LogP contribution in [0.3, 0.4) is 0 Å². The van der Waals surface area contributed by atoms with Crippen molar-refractivity contribution in [1.29, 1.82) is 0 Å². The molecule has 0 saturated carbocycles. The van der Waals surface area contributed by atoms with E-state index in [0.717, 1.165) is 0 Å². The largest absolute Gasteiger partial charge is 0.377 e. The number of hydrogen-bond acceptors (Lipinski definition) is 2. The van der Waals surface area contributed by atoms with Gasteiger partial charge in [0.2, 0.25) is 5.91 Å². The molecule has 1 amide bonds. The summed E-state index contributed by atoms with van der Waals surface area (Å²) in [4.78, 5) is 13.4. The van der Waals surface area contributed by atoms with Crippen LogP contribution < -0.4 is 0 Å². The first kappa shape index (κ1) is 9.52. The van der Waals surface area contributed by atoms with Crippen LogP contribution in [0.15, 0.2) is 0 Å². The summed E-state index contributed by atoms with van der Waals surface area (Å²) in [7, 11) is 0. The zero-order valence-electron chi connectivity index (χ0n) is 8.04. The standard InChI is InChI=1S/C9H17NO2/c1-4-9(11)10(7(2)3)8-5-12-6-8/h7-8H,4-6H2,1-3H3. The summed E-state index contributed by atoms with van der Waals surface area (Å²) >= 11 is 0. The summed E-state index contributed by atoms with van der Waals surface area (Å²) in [5, 5.41) is 0. The number of hydrogen-bond donors (Lipinski definition) is 0. The molecule has 0 spiro atoms. The topological polar surface area (TPSA) is 29.5 Å². The van der Waals surface area contributed by atoms with Crippen molar-refractivity contribution in [2.24, 2.45) is 0 Å². The number of ether oxygens (including phenoxy) is 1. The molecule has 1 aliphatic heterocycles. The normalized spacial score (nSPS) is 17.7. The van der Waals surface area contributed by atoms with Crippen molar-refractivity contribution in [3.8, 4) is 0 Å². The van der Waals surface area contributed by atoms with Crippen LogP contribution in [0.25, 0.3) is 0 Å². The molecule has 0 aromatic rings. The fraction of sp³-hybridized carbons (Fsp3) is 0.889. The number of nitrogens with zero attached hydrogens (tertiary/aromatic N) is 1. The molecule has 0 aromatic heterocycles. The maximum atomic E-state index is 11.5. The van der Waals surface area contributed by atoms with Crippen LogP contribution in [-0.2, 0) is 9.53 Å². The molecule has 3 nitrogen and oxygen atoms in total. The van der Waals surface area contributed by atoms with E-state index < -0.39 is 0 Å². The highest BCUT2D eigenvalue weighted by Crippen LogP contribution is 2.14. The van der Waals surface area contributed by atoms with E-state index in [4.69, 9.17) is 4.74 Å². The lowest BCUT2D eigenvalue weighted by molar-refractivity contribution is -0.147. The lowest BCUT2D eigenvalue weighted by atomic mass is 10.1. The fourth-order valence-corrected chi connectivity index (χ4v) is 1.48. The molecule has 0 bridgehead atoms. The molecule has 1 aliphatic rings. The number of amides is 1. The van der Waals surface area contributed by atoms with Crippen molar-refractivity contribution < 1.29 is 9.53 Å². The van der Waals surface area contributed by atoms with Crippen LogP contribution in [0.4, 0.5) is 0 Å². The quantitative estimate of drug-likeness (QED) is 0.634. The zero-order chi connectivity index (χ0) is 9.14. The third-order valence-electron chi connectivity index (χ3n) is 2.16. The molecule has 0 radical (unpaired) electrons. The van der Waals surface area contributed by atoms with Crippen LogP contribution >= 0.6 is 0 Å². The SMILES string of the molecule is CCC(=O)N(C(C)C)C1COC1. The Morgan fingerprint density at radius 2 is 2.17 bits per heavy atom. The summed E-state index contributed by atoms with van der Waals surface area (Å²) in [6.07, 6.45) is 0.592. The summed E-state index contributed by atoms with van der Waals surface area (Å²) in [6, 6.07) is 0.629. The Kier molecular flexibility index (Phi) is 3.09. The molecule has 3 heteroatoms. The van der Waals surface area contributed by atoms with Gasteiger partial charge in [0.25, 0.3) is 0 Å². The number of rotatable bonds is 3. The molecule has 1 fully saturated rings. The van der Waals surface area contributed by atoms with Gasteiger partial charge in [0, 0.05) is 12.5 Å². The van der Waals surface area contributed by atoms with Gasteiger partial charge in [-0.05, 0) is 13.8 Å². The molecule has 0 N–H and O–H groups in total. The molecular weight excluding hydrogens is 154 g/mol. The second kappa shape index (κ2) is 3.90. The number of carbonyl (C=O) groups excluding carboxylic acids is 1. The van der Waals surface area contributed by atoms with Crippen molar-refractivity contribution >= 4 is 5.91 Å². The first-order valence-corrected chi connectivity index (χ1v) is 4.55. The van der Waals surface area contributed by atoms with Crippen LogP contribution in [0, 0.1) is 0 Å². The van der Waals surface area contributed by atoms with E-state index in [1.165, 1.54) is 0 Å². The molecule has 1 rings (SSSR count). The Morgan fingerprint density at radius 3 is 2.42 bits per heavy atom. The van der Waals surface area contributed by atoms with E-state index in [9.17, 15) is 4.79 Å². The van der Waals surface area contributed by atoms with Gasteiger partial charge in [0.1, 0.15) is 0 Å². The average Bonchev–Trinajstić information content (AvgIpc) is 1.94. The molecule has 0 aromatic carbocycles. The predicted molar refractivity (Wildman–Crippen MR) is 46.9 cm³/mol. The Morgan fingerprint density at radius 1 is 1.58 bits per heavy atom. The summed E-state index contributed by atoms with van der Waals surface area (Å²) in [6.45, 7) is 7.42. The average molecular weight is 171 g/mol. The zero-order valence-corrected chi connectivity index (χ0v) is 8.04. The summed E-state index contributed by atoms with van der Waals surface area (Å²) < 4.78 is 5.07. The Labute approximate surface area is 73.7 Å². The van der Waals surface area contributed by atoms with Crippen molar-refractivity contribution in [2.45, 2.75) is 39.3 Å². The summed E-state index contributed by atoms with van der Waals surface area (Å²) in [5.74, 6) is 0.235. The summed E-state index contributed by atoms with van der Waals surface area (Å²) in [5.41, 5.74) is 0. The van der Waals surface area contributed by atoms with E-state index in [1.807, 2.05) is 25.7 Å². The van der Waals surface area contributed by atoms with Gasteiger partial charge in [0.05, 0.1) is 19.3 Å². The highest BCUT2D eigenvalue weighted by atomic mass is 16.5. The van der Waals surface area contributed by atoms with Gasteiger partial charge in [-0.1, -0.05) is 6.92 Å². The maximum absolute atomic E-state index is 11.5. The molecule has 0 atom stereocenters. The monoisotopic (exact) mass is 171 g/mol. The van der Waals surface area contributed by atoms with E-state index in [0.29, 0.717) is 31.7 Å². The molecule has 70 valence electrons. The van der Waals surface area contributed by atoms with Crippen molar-refractivity contribution in [3.63, 3.8) is 0 Å². The Hall–Kier alpha value is -0.570. The van der Waals surface area contributed by atoms with Crippen LogP contribution in [0.1, 0.15) is 27.2 Å². The van der Waals surface area contributed by atoms with E-state index in [1.54, 1.807) is 0 Å². The predicted octanol–water partition coefficient (Wildman–Crippen LogP) is 1.03. The number of carbonyl (C=O) groups is 1. The molecular formula is C9H17NO2. The van der Waals surface area contributed by atoms with Gasteiger partial charge in [-0.3, -0.25) is 4.79 Å². The first-order chi connectivity index (χ1) is 5.66. The van der Waals surface area contributed by atoms with Crippen LogP contribution in [0.5, 0.6) is 0 Å². The minimum absolute atomic E-state index is 0.235. The molecule has 12 heavy (non-hydrogen) atoms. The van der Waals surface area contributed by atoms with Crippen LogP contribution in [-0.4, -0.2) is 36.1 Å². The third kappa shape index (κ3) is 1.78. The van der Waals surface area contributed by atoms with Crippen molar-refractivity contribution in [1.82, 2.24) is 4.90 Å². The van der Waals surface area contributed by atoms with Crippen molar-refractivity contribution in [3.05, 3.63) is 0 Å². The molecule has 0 unspecified atom stereocenters. The van der Waals surface area contributed by atoms with Gasteiger partial charge < -0.3 is 9.64 Å². The van der Waals surface area contributed by atoms with Crippen LogP contribution in [0.2, 0.25) is 0 Å². The van der Waals surface area contributed by atoms with Gasteiger partial charge in [-0.2, -0.15) is 0 Å². The smallest absolute Gasteiger partial charge is 0.222 e. The van der Waals surface area contributed by atoms with E-state index in [-0.39, 0.29) is 5.91 Å². The van der Waals surface area contributed by atoms with Gasteiger partial charge in [0.15, 0.2) is 0 Å². The lowest BCUT2D eigenvalue weighted by Gasteiger charge is -2.39. The van der Waals surface area contributed by atoms with Crippen molar-refractivity contribution in [2.75, 3.05) is 13.2 Å².